The van der Waals surface area contributed by atoms with Gasteiger partial charge in [0.05, 0.1) is 0 Å². The monoisotopic (exact) mass is 170 g/mol. The average Bonchev–Trinajstić information content (AvgIpc) is 1.24. The fourth-order valence-electron chi connectivity index (χ4n) is 0. The third-order valence-corrected chi connectivity index (χ3v) is 2.27. The topological polar surface area (TPSA) is 3.24 Å². The van der Waals surface area contributed by atoms with Crippen LogP contribution in [0.15, 0.2) is 0 Å². The molecule has 9 heavy (non-hydrogen) atoms. The van der Waals surface area contributed by atoms with E-state index in [1.54, 1.807) is 0 Å². The van der Waals surface area contributed by atoms with Crippen molar-refractivity contribution in [1.82, 2.24) is 4.67 Å². The van der Waals surface area contributed by atoms with Crippen LogP contribution in [-0.4, -0.2) is 18.8 Å². The van der Waals surface area contributed by atoms with Gasteiger partial charge in [-0.1, -0.05) is 0 Å². The molecule has 0 aliphatic carbocycles. The normalized spacial score (nSPS) is 21.3. The Bertz CT molecular complexity index is 118. The molecule has 0 rings (SSSR count). The summed E-state index contributed by atoms with van der Waals surface area (Å²) in [5, 5.41) is 0. The first-order valence-electron chi connectivity index (χ1n) is 1.94. The van der Waals surface area contributed by atoms with E-state index in [1.165, 1.54) is 0 Å². The Labute approximate surface area is 48.6 Å². The van der Waals surface area contributed by atoms with Gasteiger partial charge in [-0.25, -0.2) is 0 Å². The van der Waals surface area contributed by atoms with E-state index in [2.05, 4.69) is 0 Å². The Morgan fingerprint density at radius 3 is 1.00 bits per heavy atom. The fraction of sp³-hybridized carbons (Fsp3) is 1.00. The molecule has 1 nitrogen and oxygen atoms in total. The molecule has 0 unspecified atom stereocenters. The van der Waals surface area contributed by atoms with Crippen molar-refractivity contribution < 1.29 is 21.0 Å². The van der Waals surface area contributed by atoms with Gasteiger partial charge in [0, 0.05) is 0 Å². The van der Waals surface area contributed by atoms with Gasteiger partial charge in [0.15, 0.2) is 0 Å². The van der Waals surface area contributed by atoms with Gasteiger partial charge in [-0.2, -0.15) is 0 Å². The van der Waals surface area contributed by atoms with Crippen molar-refractivity contribution in [3.8, 4) is 0 Å². The van der Waals surface area contributed by atoms with E-state index >= 15 is 0 Å². The number of hydrogen-bond donors (Lipinski definition) is 0. The zero-order chi connectivity index (χ0) is 7.99. The summed E-state index contributed by atoms with van der Waals surface area (Å²) in [6.07, 6.45) is 0. The average molecular weight is 170 g/mol. The zero-order valence-electron chi connectivity index (χ0n) is 4.78. The number of nitrogens with zero attached hydrogens (tertiary/aromatic N) is 1. The van der Waals surface area contributed by atoms with Crippen LogP contribution >= 0.6 is 7.65 Å². The maximum absolute atomic E-state index is 11.3. The molecule has 0 aliphatic rings. The predicted molar refractivity (Wildman–Crippen MR) is 26.1 cm³/mol. The summed E-state index contributed by atoms with van der Waals surface area (Å²) >= 11 is 0. The second-order valence-electron chi connectivity index (χ2n) is 1.86. The molecule has 0 atom stereocenters. The standard InChI is InChI=1S/C2H6F5NP/c1-8(2)9(3,4,5,6)7/h1-2H3/q-1. The molecular weight excluding hydrogens is 164 g/mol. The van der Waals surface area contributed by atoms with Crippen molar-refractivity contribution in [3.63, 3.8) is 0 Å². The Balaban J connectivity index is 4.76. The Morgan fingerprint density at radius 2 is 1.00 bits per heavy atom. The molecule has 0 saturated carbocycles. The Morgan fingerprint density at radius 1 is 0.889 bits per heavy atom. The van der Waals surface area contributed by atoms with Crippen LogP contribution in [0, 0.1) is 0 Å². The van der Waals surface area contributed by atoms with Gasteiger partial charge in [-0.05, 0) is 0 Å². The van der Waals surface area contributed by atoms with Gasteiger partial charge in [0.2, 0.25) is 0 Å². The molecule has 0 bridgehead atoms. The molecule has 0 radical (unpaired) electrons. The first-order chi connectivity index (χ1) is 3.43. The van der Waals surface area contributed by atoms with Crippen molar-refractivity contribution in [3.05, 3.63) is 0 Å². The zero-order valence-corrected chi connectivity index (χ0v) is 5.68. The van der Waals surface area contributed by atoms with Crippen LogP contribution in [0.1, 0.15) is 0 Å². The molecule has 0 aromatic rings. The summed E-state index contributed by atoms with van der Waals surface area (Å²) in [7, 11) is -8.91. The molecular formula is C2H6F5NP-. The Hall–Kier alpha value is 0.0400. The van der Waals surface area contributed by atoms with Crippen LogP contribution in [-0.2, 0) is 0 Å². The van der Waals surface area contributed by atoms with E-state index in [1.807, 2.05) is 0 Å². The summed E-state index contributed by atoms with van der Waals surface area (Å²) < 4.78 is 55.4. The van der Waals surface area contributed by atoms with Gasteiger partial charge in [0.25, 0.3) is 0 Å². The van der Waals surface area contributed by atoms with Crippen molar-refractivity contribution >= 4 is 7.65 Å². The fourth-order valence-corrected chi connectivity index (χ4v) is 0. The van der Waals surface area contributed by atoms with Crippen LogP contribution in [0.3, 0.4) is 0 Å². The number of hydrogen-bond acceptors (Lipinski definition) is 1. The predicted octanol–water partition coefficient (Wildman–Crippen LogP) is 2.97. The minimum atomic E-state index is -9.48. The van der Waals surface area contributed by atoms with Gasteiger partial charge in [-0.15, -0.1) is 0 Å². The number of halogens is 5. The van der Waals surface area contributed by atoms with E-state index in [0.717, 1.165) is 0 Å². The third kappa shape index (κ3) is 2.91. The van der Waals surface area contributed by atoms with Gasteiger partial charge in [-0.3, -0.25) is 0 Å². The van der Waals surface area contributed by atoms with E-state index in [-0.39, 0.29) is 14.1 Å². The summed E-state index contributed by atoms with van der Waals surface area (Å²) in [5.41, 5.74) is 0. The van der Waals surface area contributed by atoms with Crippen LogP contribution < -0.4 is 0 Å². The molecule has 0 aromatic heterocycles. The van der Waals surface area contributed by atoms with E-state index in [9.17, 15) is 21.0 Å². The van der Waals surface area contributed by atoms with E-state index in [0.29, 0.717) is 0 Å². The Kier molecular flexibility index (Phi) is 1.23. The molecule has 0 spiro atoms. The molecule has 0 saturated heterocycles. The number of rotatable bonds is 1. The van der Waals surface area contributed by atoms with Gasteiger partial charge < -0.3 is 0 Å². The molecule has 0 amide bonds. The van der Waals surface area contributed by atoms with Crippen LogP contribution in [0.4, 0.5) is 21.0 Å². The van der Waals surface area contributed by atoms with Crippen molar-refractivity contribution in [2.75, 3.05) is 14.1 Å². The molecule has 0 aliphatic heterocycles. The second kappa shape index (κ2) is 1.22. The first kappa shape index (κ1) is 9.04. The van der Waals surface area contributed by atoms with Crippen LogP contribution in [0.25, 0.3) is 0 Å². The quantitative estimate of drug-likeness (QED) is 0.431. The van der Waals surface area contributed by atoms with Crippen molar-refractivity contribution in [1.29, 1.82) is 0 Å². The van der Waals surface area contributed by atoms with Crippen LogP contribution in [0.5, 0.6) is 0 Å². The molecule has 7 heteroatoms. The molecule has 60 valence electrons. The minimum absolute atomic E-state index is 0.288. The van der Waals surface area contributed by atoms with E-state index < -0.39 is 12.3 Å². The molecule has 0 N–H and O–H groups in total. The van der Waals surface area contributed by atoms with Gasteiger partial charge in [0.1, 0.15) is 0 Å². The van der Waals surface area contributed by atoms with Gasteiger partial charge >= 0.3 is 47.4 Å². The van der Waals surface area contributed by atoms with Crippen LogP contribution in [0.2, 0.25) is 0 Å². The third-order valence-electron chi connectivity index (χ3n) is 0.756. The summed E-state index contributed by atoms with van der Waals surface area (Å²) in [6, 6.07) is 0. The summed E-state index contributed by atoms with van der Waals surface area (Å²) in [6.45, 7) is 0. The second-order valence-corrected chi connectivity index (χ2v) is 4.70. The molecule has 0 fully saturated rings. The summed E-state index contributed by atoms with van der Waals surface area (Å²) in [5.74, 6) is 0. The first-order valence-corrected chi connectivity index (χ1v) is 4.03. The van der Waals surface area contributed by atoms with E-state index in [4.69, 9.17) is 0 Å². The molecule has 0 aromatic carbocycles. The maximum atomic E-state index is 11.3. The SMILES string of the molecule is CN(C)[P-](F)(F)(F)(F)F. The summed E-state index contributed by atoms with van der Waals surface area (Å²) in [4.78, 5) is 0. The van der Waals surface area contributed by atoms with Crippen molar-refractivity contribution in [2.24, 2.45) is 0 Å². The molecule has 0 heterocycles. The van der Waals surface area contributed by atoms with Crippen molar-refractivity contribution in [2.45, 2.75) is 0 Å².